The SMILES string of the molecule is COCc1cncc(-c2cc(F)c(NC(=O)N3[C@H]4CC[C@@H]3c3n[nH]c(=O)cc3C4)cc2Cl)c1. The number of benzene rings is 1. The summed E-state index contributed by atoms with van der Waals surface area (Å²) in [4.78, 5) is 30.6. The molecule has 2 amide bonds. The van der Waals surface area contributed by atoms with Crippen LogP contribution >= 0.6 is 11.6 Å². The van der Waals surface area contributed by atoms with Gasteiger partial charge in [-0.1, -0.05) is 11.6 Å². The lowest BCUT2D eigenvalue weighted by molar-refractivity contribution is 0.177. The number of aromatic amines is 1. The Morgan fingerprint density at radius 1 is 1.30 bits per heavy atom. The number of urea groups is 1. The molecule has 1 fully saturated rings. The lowest BCUT2D eigenvalue weighted by atomic mass is 9.99. The molecule has 10 heteroatoms. The zero-order valence-corrected chi connectivity index (χ0v) is 18.5. The summed E-state index contributed by atoms with van der Waals surface area (Å²) in [6.07, 6.45) is 5.33. The van der Waals surface area contributed by atoms with E-state index in [9.17, 15) is 14.0 Å². The summed E-state index contributed by atoms with van der Waals surface area (Å²) >= 11 is 6.45. The van der Waals surface area contributed by atoms with Crippen molar-refractivity contribution in [3.8, 4) is 11.1 Å². The summed E-state index contributed by atoms with van der Waals surface area (Å²) in [7, 11) is 1.58. The van der Waals surface area contributed by atoms with E-state index >= 15 is 0 Å². The van der Waals surface area contributed by atoms with Crippen LogP contribution in [0.3, 0.4) is 0 Å². The molecule has 2 N–H and O–H groups in total. The molecule has 0 aliphatic carbocycles. The smallest absolute Gasteiger partial charge is 0.322 e. The van der Waals surface area contributed by atoms with Crippen LogP contribution in [0.25, 0.3) is 11.1 Å². The number of fused-ring (bicyclic) bond motifs is 4. The lowest BCUT2D eigenvalue weighted by Gasteiger charge is -2.35. The van der Waals surface area contributed by atoms with Gasteiger partial charge in [0, 0.05) is 42.7 Å². The third-order valence-electron chi connectivity index (χ3n) is 6.14. The Morgan fingerprint density at radius 2 is 2.15 bits per heavy atom. The van der Waals surface area contributed by atoms with Crippen LogP contribution in [-0.4, -0.2) is 39.3 Å². The van der Waals surface area contributed by atoms with Gasteiger partial charge >= 0.3 is 6.03 Å². The molecule has 33 heavy (non-hydrogen) atoms. The van der Waals surface area contributed by atoms with Gasteiger partial charge in [-0.25, -0.2) is 14.3 Å². The number of carbonyl (C=O) groups is 1. The van der Waals surface area contributed by atoms with Gasteiger partial charge in [0.15, 0.2) is 0 Å². The molecule has 4 heterocycles. The van der Waals surface area contributed by atoms with Crippen LogP contribution in [0.1, 0.15) is 35.7 Å². The van der Waals surface area contributed by atoms with E-state index in [1.54, 1.807) is 24.4 Å². The Hall–Kier alpha value is -3.30. The molecule has 3 aromatic rings. The third kappa shape index (κ3) is 3.98. The lowest BCUT2D eigenvalue weighted by Crippen LogP contribution is -2.45. The number of halogens is 2. The number of nitrogens with zero attached hydrogens (tertiary/aromatic N) is 3. The quantitative estimate of drug-likeness (QED) is 0.600. The average Bonchev–Trinajstić information content (AvgIpc) is 3.11. The van der Waals surface area contributed by atoms with Gasteiger partial charge in [-0.15, -0.1) is 0 Å². The molecule has 2 aliphatic heterocycles. The minimum atomic E-state index is -0.605. The molecule has 1 saturated heterocycles. The van der Waals surface area contributed by atoms with Gasteiger partial charge in [0.2, 0.25) is 0 Å². The van der Waals surface area contributed by atoms with Gasteiger partial charge in [0.05, 0.1) is 29.1 Å². The predicted molar refractivity (Wildman–Crippen MR) is 121 cm³/mol. The molecule has 0 saturated carbocycles. The van der Waals surface area contributed by atoms with Crippen LogP contribution in [0, 0.1) is 5.82 Å². The van der Waals surface area contributed by atoms with Gasteiger partial charge in [-0.2, -0.15) is 5.10 Å². The maximum atomic E-state index is 15.0. The van der Waals surface area contributed by atoms with Gasteiger partial charge in [-0.3, -0.25) is 9.78 Å². The normalized spacial score (nSPS) is 18.8. The fourth-order valence-electron chi connectivity index (χ4n) is 4.74. The average molecular weight is 470 g/mol. The minimum Gasteiger partial charge on any atom is -0.380 e. The first-order valence-electron chi connectivity index (χ1n) is 10.5. The number of anilines is 1. The van der Waals surface area contributed by atoms with Gasteiger partial charge in [0.25, 0.3) is 5.56 Å². The van der Waals surface area contributed by atoms with Crippen LogP contribution in [0.2, 0.25) is 5.02 Å². The first kappa shape index (κ1) is 21.5. The Kier molecular flexibility index (Phi) is 5.59. The van der Waals surface area contributed by atoms with Crippen molar-refractivity contribution in [3.05, 3.63) is 74.7 Å². The second kappa shape index (κ2) is 8.57. The summed E-state index contributed by atoms with van der Waals surface area (Å²) in [5.74, 6) is -0.605. The van der Waals surface area contributed by atoms with Crippen LogP contribution in [0.5, 0.6) is 0 Å². The molecule has 8 nitrogen and oxygen atoms in total. The Balaban J connectivity index is 1.39. The van der Waals surface area contributed by atoms with Crippen molar-refractivity contribution in [2.45, 2.75) is 38.0 Å². The first-order valence-corrected chi connectivity index (χ1v) is 10.9. The molecule has 0 radical (unpaired) electrons. The summed E-state index contributed by atoms with van der Waals surface area (Å²) in [6.45, 7) is 0.374. The molecule has 170 valence electrons. The largest absolute Gasteiger partial charge is 0.380 e. The van der Waals surface area contributed by atoms with Crippen molar-refractivity contribution in [3.63, 3.8) is 0 Å². The number of ether oxygens (including phenoxy) is 1. The molecular weight excluding hydrogens is 449 g/mol. The number of aromatic nitrogens is 3. The van der Waals surface area contributed by atoms with Crippen molar-refractivity contribution in [1.29, 1.82) is 0 Å². The van der Waals surface area contributed by atoms with E-state index in [2.05, 4.69) is 20.5 Å². The number of methoxy groups -OCH3 is 1. The summed E-state index contributed by atoms with van der Waals surface area (Å²) in [6, 6.07) is 5.31. The molecule has 0 spiro atoms. The molecule has 2 aromatic heterocycles. The van der Waals surface area contributed by atoms with E-state index in [-0.39, 0.29) is 28.4 Å². The number of amides is 2. The van der Waals surface area contributed by atoms with Crippen molar-refractivity contribution in [2.24, 2.45) is 0 Å². The number of H-pyrrole nitrogens is 1. The molecular formula is C23H21ClFN5O3. The fraction of sp³-hybridized carbons (Fsp3) is 0.304. The van der Waals surface area contributed by atoms with Gasteiger partial charge in [0.1, 0.15) is 5.82 Å². The fourth-order valence-corrected chi connectivity index (χ4v) is 5.01. The van der Waals surface area contributed by atoms with E-state index in [0.717, 1.165) is 24.0 Å². The highest BCUT2D eigenvalue weighted by Crippen LogP contribution is 2.42. The van der Waals surface area contributed by atoms with Crippen LogP contribution in [-0.2, 0) is 17.8 Å². The van der Waals surface area contributed by atoms with Crippen molar-refractivity contribution in [2.75, 3.05) is 12.4 Å². The van der Waals surface area contributed by atoms with Crippen LogP contribution in [0.4, 0.5) is 14.9 Å². The number of rotatable bonds is 4. The second-order valence-corrected chi connectivity index (χ2v) is 8.67. The van der Waals surface area contributed by atoms with E-state index in [4.69, 9.17) is 16.3 Å². The highest BCUT2D eigenvalue weighted by molar-refractivity contribution is 6.33. The van der Waals surface area contributed by atoms with Crippen LogP contribution in [0.15, 0.2) is 41.5 Å². The van der Waals surface area contributed by atoms with E-state index < -0.39 is 11.8 Å². The highest BCUT2D eigenvalue weighted by Gasteiger charge is 2.44. The molecule has 5 rings (SSSR count). The van der Waals surface area contributed by atoms with Gasteiger partial charge in [-0.05, 0) is 48.6 Å². The Morgan fingerprint density at radius 3 is 2.97 bits per heavy atom. The maximum Gasteiger partial charge on any atom is 0.322 e. The number of carbonyl (C=O) groups excluding carboxylic acids is 1. The number of hydrogen-bond donors (Lipinski definition) is 2. The Labute approximate surface area is 193 Å². The summed E-state index contributed by atoms with van der Waals surface area (Å²) in [5.41, 5.74) is 3.24. The Bertz CT molecular complexity index is 1300. The monoisotopic (exact) mass is 469 g/mol. The summed E-state index contributed by atoms with van der Waals surface area (Å²) < 4.78 is 20.1. The third-order valence-corrected chi connectivity index (χ3v) is 6.46. The number of nitrogens with one attached hydrogen (secondary N) is 2. The van der Waals surface area contributed by atoms with E-state index in [1.807, 2.05) is 6.07 Å². The van der Waals surface area contributed by atoms with E-state index in [0.29, 0.717) is 29.8 Å². The van der Waals surface area contributed by atoms with Gasteiger partial charge < -0.3 is 15.0 Å². The van der Waals surface area contributed by atoms with Crippen molar-refractivity contribution in [1.82, 2.24) is 20.1 Å². The number of hydrogen-bond acceptors (Lipinski definition) is 5. The van der Waals surface area contributed by atoms with Crippen molar-refractivity contribution >= 4 is 23.3 Å². The second-order valence-electron chi connectivity index (χ2n) is 8.26. The molecule has 2 atom stereocenters. The standard InChI is InChI=1S/C23H21ClFN5O3/c1-33-11-12-4-14(10-26-9-12)16-7-18(25)19(8-17(16)24)27-23(32)30-15-2-3-20(30)22-13(5-15)6-21(31)28-29-22/h4,6-10,15,20H,2-3,5,11H2,1H3,(H,27,32)(H,28,31)/t15-,20+/m0/s1. The van der Waals surface area contributed by atoms with E-state index in [1.165, 1.54) is 18.2 Å². The summed E-state index contributed by atoms with van der Waals surface area (Å²) in [5, 5.41) is 9.57. The zero-order chi connectivity index (χ0) is 23.1. The number of pyridine rings is 1. The molecule has 2 aliphatic rings. The predicted octanol–water partition coefficient (Wildman–Crippen LogP) is 4.06. The van der Waals surface area contributed by atoms with Crippen molar-refractivity contribution < 1.29 is 13.9 Å². The first-order chi connectivity index (χ1) is 15.9. The van der Waals surface area contributed by atoms with Crippen LogP contribution < -0.4 is 10.9 Å². The molecule has 2 bridgehead atoms. The topological polar surface area (TPSA) is 100 Å². The molecule has 1 aromatic carbocycles. The maximum absolute atomic E-state index is 15.0. The molecule has 0 unspecified atom stereocenters. The minimum absolute atomic E-state index is 0.00520. The zero-order valence-electron chi connectivity index (χ0n) is 17.8. The highest BCUT2D eigenvalue weighted by atomic mass is 35.5.